The van der Waals surface area contributed by atoms with E-state index >= 15 is 0 Å². The van der Waals surface area contributed by atoms with E-state index in [9.17, 15) is 13.2 Å². The monoisotopic (exact) mass is 319 g/mol. The predicted molar refractivity (Wildman–Crippen MR) is 77.6 cm³/mol. The summed E-state index contributed by atoms with van der Waals surface area (Å²) in [6, 6.07) is 8.53. The molecule has 1 N–H and O–H groups in total. The van der Waals surface area contributed by atoms with Crippen LogP contribution in [0.2, 0.25) is 0 Å². The molecule has 1 aliphatic carbocycles. The summed E-state index contributed by atoms with van der Waals surface area (Å²) in [6.07, 6.45) is 2.98. The topological polar surface area (TPSA) is 87.8 Å². The van der Waals surface area contributed by atoms with E-state index in [4.69, 9.17) is 9.52 Å². The lowest BCUT2D eigenvalue weighted by molar-refractivity contribution is 0.0689. The minimum absolute atomic E-state index is 0.111. The summed E-state index contributed by atoms with van der Waals surface area (Å²) < 4.78 is 32.0. The van der Waals surface area contributed by atoms with Crippen LogP contribution in [0.25, 0.3) is 0 Å². The van der Waals surface area contributed by atoms with Crippen molar-refractivity contribution in [2.24, 2.45) is 0 Å². The number of para-hydroxylation sites is 1. The Hall–Kier alpha value is -2.28. The fourth-order valence-corrected chi connectivity index (χ4v) is 4.78. The van der Waals surface area contributed by atoms with Crippen molar-refractivity contribution in [1.82, 2.24) is 0 Å². The van der Waals surface area contributed by atoms with Gasteiger partial charge < -0.3 is 9.52 Å². The van der Waals surface area contributed by atoms with Gasteiger partial charge in [0.2, 0.25) is 0 Å². The van der Waals surface area contributed by atoms with Crippen LogP contribution in [-0.2, 0) is 15.4 Å². The van der Waals surface area contributed by atoms with Gasteiger partial charge in [0.1, 0.15) is 5.56 Å². The molecule has 0 atom stereocenters. The first-order valence-corrected chi connectivity index (χ1v) is 8.33. The minimum atomic E-state index is -4.03. The standard InChI is InChI=1S/C15H13NO5S/c17-13(18)10-5-8-21-14(10)22(19,20)16-9-15(6-7-15)11-3-1-2-4-12(11)16/h1-5,8H,6-7,9H2,(H,17,18). The zero-order valence-corrected chi connectivity index (χ0v) is 12.3. The molecule has 1 aliphatic heterocycles. The number of carbonyl (C=O) groups is 1. The number of fused-ring (bicyclic) bond motifs is 2. The van der Waals surface area contributed by atoms with E-state index in [1.165, 1.54) is 4.31 Å². The third-order valence-electron chi connectivity index (χ3n) is 4.43. The molecule has 1 aromatic heterocycles. The highest BCUT2D eigenvalue weighted by atomic mass is 32.2. The highest BCUT2D eigenvalue weighted by Crippen LogP contribution is 2.57. The minimum Gasteiger partial charge on any atom is -0.478 e. The van der Waals surface area contributed by atoms with Crippen molar-refractivity contribution in [3.05, 3.63) is 47.7 Å². The van der Waals surface area contributed by atoms with Crippen LogP contribution in [0, 0.1) is 0 Å². The number of sulfonamides is 1. The maximum absolute atomic E-state index is 12.9. The normalized spacial score (nSPS) is 18.5. The van der Waals surface area contributed by atoms with Crippen molar-refractivity contribution >= 4 is 21.7 Å². The van der Waals surface area contributed by atoms with Crippen LogP contribution >= 0.6 is 0 Å². The Morgan fingerprint density at radius 3 is 2.64 bits per heavy atom. The Bertz CT molecular complexity index is 879. The van der Waals surface area contributed by atoms with Gasteiger partial charge in [-0.3, -0.25) is 4.31 Å². The summed E-state index contributed by atoms with van der Waals surface area (Å²) in [6.45, 7) is 0.342. The van der Waals surface area contributed by atoms with E-state index in [2.05, 4.69) is 0 Å². The van der Waals surface area contributed by atoms with Gasteiger partial charge in [-0.1, -0.05) is 18.2 Å². The maximum atomic E-state index is 12.9. The summed E-state index contributed by atoms with van der Waals surface area (Å²) >= 11 is 0. The number of nitrogens with zero attached hydrogens (tertiary/aromatic N) is 1. The molecule has 0 amide bonds. The largest absolute Gasteiger partial charge is 0.478 e. The van der Waals surface area contributed by atoms with E-state index < -0.39 is 21.1 Å². The lowest BCUT2D eigenvalue weighted by atomic mass is 9.99. The second-order valence-corrected chi connectivity index (χ2v) is 7.50. The van der Waals surface area contributed by atoms with E-state index in [-0.39, 0.29) is 11.0 Å². The lowest BCUT2D eigenvalue weighted by Crippen LogP contribution is -2.32. The molecule has 6 nitrogen and oxygen atoms in total. The van der Waals surface area contributed by atoms with Gasteiger partial charge in [-0.25, -0.2) is 4.79 Å². The molecule has 22 heavy (non-hydrogen) atoms. The van der Waals surface area contributed by atoms with Crippen LogP contribution in [0.4, 0.5) is 5.69 Å². The predicted octanol–water partition coefficient (Wildman–Crippen LogP) is 2.22. The second kappa shape index (κ2) is 4.13. The molecule has 1 aromatic carbocycles. The number of furan rings is 1. The van der Waals surface area contributed by atoms with Crippen LogP contribution in [-0.4, -0.2) is 26.0 Å². The number of hydrogen-bond donors (Lipinski definition) is 1. The average Bonchev–Trinajstić information content (AvgIpc) is 2.96. The SMILES string of the molecule is O=C(O)c1ccoc1S(=O)(=O)N1CC2(CC2)c2ccccc21. The van der Waals surface area contributed by atoms with Crippen LogP contribution in [0.5, 0.6) is 0 Å². The summed E-state index contributed by atoms with van der Waals surface area (Å²) in [5.74, 6) is -1.32. The molecule has 1 saturated carbocycles. The number of anilines is 1. The number of carboxylic acids is 1. The van der Waals surface area contributed by atoms with Crippen molar-refractivity contribution in [1.29, 1.82) is 0 Å². The summed E-state index contributed by atoms with van der Waals surface area (Å²) in [5.41, 5.74) is 1.18. The van der Waals surface area contributed by atoms with Crippen LogP contribution in [0.15, 0.2) is 46.1 Å². The molecule has 0 saturated heterocycles. The fraction of sp³-hybridized carbons (Fsp3) is 0.267. The van der Waals surface area contributed by atoms with Gasteiger partial charge in [0.15, 0.2) is 0 Å². The molecular formula is C15H13NO5S. The van der Waals surface area contributed by atoms with Crippen LogP contribution in [0.3, 0.4) is 0 Å². The van der Waals surface area contributed by atoms with Gasteiger partial charge in [0.25, 0.3) is 15.1 Å². The van der Waals surface area contributed by atoms with Crippen molar-refractivity contribution in [2.45, 2.75) is 23.3 Å². The van der Waals surface area contributed by atoms with E-state index in [1.807, 2.05) is 12.1 Å². The number of benzene rings is 1. The molecule has 114 valence electrons. The molecule has 1 spiro atoms. The smallest absolute Gasteiger partial charge is 0.340 e. The Balaban J connectivity index is 1.86. The van der Waals surface area contributed by atoms with E-state index in [1.54, 1.807) is 12.1 Å². The lowest BCUT2D eigenvalue weighted by Gasteiger charge is -2.18. The van der Waals surface area contributed by atoms with Gasteiger partial charge in [0, 0.05) is 12.0 Å². The van der Waals surface area contributed by atoms with Gasteiger partial charge in [-0.2, -0.15) is 8.42 Å². The van der Waals surface area contributed by atoms with Gasteiger partial charge in [-0.15, -0.1) is 0 Å². The summed E-state index contributed by atoms with van der Waals surface area (Å²) in [7, 11) is -4.03. The van der Waals surface area contributed by atoms with Crippen LogP contribution in [0.1, 0.15) is 28.8 Å². The summed E-state index contributed by atoms with van der Waals surface area (Å²) in [4.78, 5) is 11.2. The zero-order valence-electron chi connectivity index (χ0n) is 11.5. The third-order valence-corrected chi connectivity index (χ3v) is 6.12. The van der Waals surface area contributed by atoms with Gasteiger partial charge in [0.05, 0.1) is 12.0 Å². The van der Waals surface area contributed by atoms with Gasteiger partial charge in [-0.05, 0) is 30.5 Å². The highest BCUT2D eigenvalue weighted by molar-refractivity contribution is 7.92. The Labute approximate surface area is 127 Å². The molecule has 4 rings (SSSR count). The first-order valence-electron chi connectivity index (χ1n) is 6.89. The molecule has 7 heteroatoms. The quantitative estimate of drug-likeness (QED) is 0.937. The third kappa shape index (κ3) is 1.65. The second-order valence-electron chi connectivity index (χ2n) is 5.74. The molecule has 2 heterocycles. The van der Waals surface area contributed by atoms with Crippen molar-refractivity contribution < 1.29 is 22.7 Å². The molecule has 0 bridgehead atoms. The number of rotatable bonds is 3. The van der Waals surface area contributed by atoms with Crippen LogP contribution < -0.4 is 4.31 Å². The fourth-order valence-electron chi connectivity index (χ4n) is 3.13. The molecule has 0 radical (unpaired) electrons. The number of carboxylic acid groups (broad SMARTS) is 1. The highest BCUT2D eigenvalue weighted by Gasteiger charge is 2.54. The summed E-state index contributed by atoms with van der Waals surface area (Å²) in [5, 5.41) is 8.62. The first kappa shape index (κ1) is 13.4. The number of aromatic carboxylic acids is 1. The van der Waals surface area contributed by atoms with E-state index in [0.717, 1.165) is 30.7 Å². The van der Waals surface area contributed by atoms with Crippen molar-refractivity contribution in [2.75, 3.05) is 10.8 Å². The van der Waals surface area contributed by atoms with Crippen molar-refractivity contribution in [3.63, 3.8) is 0 Å². The molecule has 1 fully saturated rings. The Kier molecular flexibility index (Phi) is 2.51. The molecule has 0 unspecified atom stereocenters. The molecule has 2 aromatic rings. The van der Waals surface area contributed by atoms with Gasteiger partial charge >= 0.3 is 5.97 Å². The Morgan fingerprint density at radius 1 is 1.23 bits per heavy atom. The zero-order chi connectivity index (χ0) is 15.5. The maximum Gasteiger partial charge on any atom is 0.340 e. The van der Waals surface area contributed by atoms with E-state index in [0.29, 0.717) is 12.2 Å². The number of hydrogen-bond acceptors (Lipinski definition) is 4. The average molecular weight is 319 g/mol. The van der Waals surface area contributed by atoms with Crippen molar-refractivity contribution in [3.8, 4) is 0 Å². The molecular weight excluding hydrogens is 306 g/mol. The first-order chi connectivity index (χ1) is 10.5. The molecule has 2 aliphatic rings. The Morgan fingerprint density at radius 2 is 1.95 bits per heavy atom.